The number of nitrogens with zero attached hydrogens (tertiary/aromatic N) is 3. The molecule has 3 atom stereocenters. The maximum Gasteiger partial charge on any atom is 0.337 e. The SMILES string of the molecule is COC(=O)C1C(C)=NC(C)=C(C(=O)OC2(C)CCN(CCc3ccccc3)C2)C1c1cccc([N+](=O)[O-])c1. The molecule has 1 fully saturated rings. The number of carbonyl (C=O) groups is 2. The molecule has 0 amide bonds. The van der Waals surface area contributed by atoms with Gasteiger partial charge in [-0.1, -0.05) is 42.5 Å². The number of methoxy groups -OCH3 is 1. The van der Waals surface area contributed by atoms with E-state index in [1.807, 2.05) is 25.1 Å². The fourth-order valence-corrected chi connectivity index (χ4v) is 5.44. The van der Waals surface area contributed by atoms with Gasteiger partial charge in [-0.15, -0.1) is 0 Å². The van der Waals surface area contributed by atoms with Crippen molar-refractivity contribution in [2.75, 3.05) is 26.7 Å². The van der Waals surface area contributed by atoms with Gasteiger partial charge in [0.25, 0.3) is 5.69 Å². The van der Waals surface area contributed by atoms with Crippen molar-refractivity contribution in [3.05, 3.63) is 87.1 Å². The van der Waals surface area contributed by atoms with E-state index in [2.05, 4.69) is 22.0 Å². The zero-order chi connectivity index (χ0) is 27.4. The molecule has 2 heterocycles. The Labute approximate surface area is 222 Å². The van der Waals surface area contributed by atoms with Crippen molar-refractivity contribution in [1.82, 2.24) is 4.90 Å². The van der Waals surface area contributed by atoms with Crippen LogP contribution in [0.25, 0.3) is 0 Å². The van der Waals surface area contributed by atoms with Gasteiger partial charge in [0.2, 0.25) is 0 Å². The van der Waals surface area contributed by atoms with E-state index >= 15 is 0 Å². The fourth-order valence-electron chi connectivity index (χ4n) is 5.44. The third kappa shape index (κ3) is 5.83. The van der Waals surface area contributed by atoms with Crippen molar-refractivity contribution in [2.45, 2.75) is 45.1 Å². The highest BCUT2D eigenvalue weighted by atomic mass is 16.6. The Morgan fingerprint density at radius 1 is 1.16 bits per heavy atom. The van der Waals surface area contributed by atoms with Gasteiger partial charge in [-0.25, -0.2) is 4.79 Å². The summed E-state index contributed by atoms with van der Waals surface area (Å²) in [7, 11) is 1.27. The molecule has 0 aliphatic carbocycles. The number of aliphatic imine (C=N–C) groups is 1. The van der Waals surface area contributed by atoms with Crippen LogP contribution in [0.3, 0.4) is 0 Å². The van der Waals surface area contributed by atoms with Gasteiger partial charge >= 0.3 is 11.9 Å². The van der Waals surface area contributed by atoms with Crippen LogP contribution in [0.1, 0.15) is 44.2 Å². The van der Waals surface area contributed by atoms with Crippen molar-refractivity contribution in [3.8, 4) is 0 Å². The van der Waals surface area contributed by atoms with Gasteiger partial charge in [0.1, 0.15) is 11.5 Å². The Morgan fingerprint density at radius 3 is 2.58 bits per heavy atom. The molecule has 9 nitrogen and oxygen atoms in total. The molecule has 0 aromatic heterocycles. The van der Waals surface area contributed by atoms with Crippen LogP contribution in [0.2, 0.25) is 0 Å². The van der Waals surface area contributed by atoms with Crippen LogP contribution in [0.15, 0.2) is 70.9 Å². The number of allylic oxidation sites excluding steroid dienone is 1. The van der Waals surface area contributed by atoms with E-state index in [9.17, 15) is 19.7 Å². The number of esters is 2. The summed E-state index contributed by atoms with van der Waals surface area (Å²) in [5, 5.41) is 11.5. The molecule has 1 saturated heterocycles. The van der Waals surface area contributed by atoms with Crippen molar-refractivity contribution in [3.63, 3.8) is 0 Å². The molecule has 0 saturated carbocycles. The molecule has 3 unspecified atom stereocenters. The zero-order valence-corrected chi connectivity index (χ0v) is 22.2. The minimum atomic E-state index is -0.910. The second-order valence-corrected chi connectivity index (χ2v) is 10.2. The predicted molar refractivity (Wildman–Crippen MR) is 143 cm³/mol. The van der Waals surface area contributed by atoms with Crippen LogP contribution in [-0.2, 0) is 25.5 Å². The molecule has 0 bridgehead atoms. The fraction of sp³-hybridized carbons (Fsp3) is 0.414. The molecule has 2 aliphatic heterocycles. The summed E-state index contributed by atoms with van der Waals surface area (Å²) in [6.07, 6.45) is 1.57. The number of benzene rings is 2. The smallest absolute Gasteiger partial charge is 0.337 e. The van der Waals surface area contributed by atoms with Crippen LogP contribution in [0.5, 0.6) is 0 Å². The number of rotatable bonds is 8. The molecular weight excluding hydrogens is 486 g/mol. The first-order valence-corrected chi connectivity index (χ1v) is 12.7. The summed E-state index contributed by atoms with van der Waals surface area (Å²) in [6, 6.07) is 16.2. The van der Waals surface area contributed by atoms with Gasteiger partial charge in [-0.05, 0) is 38.3 Å². The highest BCUT2D eigenvalue weighted by molar-refractivity contribution is 6.07. The first-order valence-electron chi connectivity index (χ1n) is 12.7. The number of carbonyl (C=O) groups excluding carboxylic acids is 2. The Balaban J connectivity index is 1.59. The lowest BCUT2D eigenvalue weighted by atomic mass is 9.75. The first kappa shape index (κ1) is 27.2. The molecule has 2 aliphatic rings. The number of non-ortho nitro benzene ring substituents is 1. The van der Waals surface area contributed by atoms with E-state index < -0.39 is 34.3 Å². The normalized spacial score (nSPS) is 23.6. The predicted octanol–water partition coefficient (Wildman–Crippen LogP) is 4.47. The standard InChI is InChI=1S/C29H33N3O6/c1-19-24(27(33)37-4)26(22-11-8-12-23(17-22)32(35)36)25(20(2)30-19)28(34)38-29(3)14-16-31(18-29)15-13-21-9-6-5-7-10-21/h5-12,17,24,26H,13-16,18H2,1-4H3. The van der Waals surface area contributed by atoms with Gasteiger partial charge in [0, 0.05) is 55.5 Å². The van der Waals surface area contributed by atoms with Crippen molar-refractivity contribution in [1.29, 1.82) is 0 Å². The molecule has 0 radical (unpaired) electrons. The number of ether oxygens (including phenoxy) is 2. The molecule has 4 rings (SSSR count). The molecule has 9 heteroatoms. The molecule has 2 aromatic rings. The highest BCUT2D eigenvalue weighted by Crippen LogP contribution is 2.42. The molecular formula is C29H33N3O6. The lowest BCUT2D eigenvalue weighted by molar-refractivity contribution is -0.384. The van der Waals surface area contributed by atoms with E-state index in [0.29, 0.717) is 29.9 Å². The average Bonchev–Trinajstić information content (AvgIpc) is 3.27. The lowest BCUT2D eigenvalue weighted by Gasteiger charge is -2.33. The molecule has 2 aromatic carbocycles. The third-order valence-corrected chi connectivity index (χ3v) is 7.36. The van der Waals surface area contributed by atoms with Gasteiger partial charge in [-0.3, -0.25) is 24.8 Å². The largest absolute Gasteiger partial charge is 0.468 e. The minimum Gasteiger partial charge on any atom is -0.468 e. The minimum absolute atomic E-state index is 0.131. The molecule has 0 spiro atoms. The van der Waals surface area contributed by atoms with Crippen LogP contribution >= 0.6 is 0 Å². The van der Waals surface area contributed by atoms with Crippen LogP contribution in [0.4, 0.5) is 5.69 Å². The number of hydrogen-bond acceptors (Lipinski definition) is 8. The number of nitro groups is 1. The van der Waals surface area contributed by atoms with Crippen molar-refractivity contribution < 1.29 is 24.0 Å². The summed E-state index contributed by atoms with van der Waals surface area (Å²) in [5.41, 5.74) is 1.97. The summed E-state index contributed by atoms with van der Waals surface area (Å²) in [4.78, 5) is 44.4. The van der Waals surface area contributed by atoms with E-state index in [0.717, 1.165) is 19.5 Å². The monoisotopic (exact) mass is 519 g/mol. The number of likely N-dealkylation sites (tertiary alicyclic amines) is 1. The first-order chi connectivity index (χ1) is 18.1. The summed E-state index contributed by atoms with van der Waals surface area (Å²) in [6.45, 7) is 7.54. The quantitative estimate of drug-likeness (QED) is 0.287. The lowest BCUT2D eigenvalue weighted by Crippen LogP contribution is -2.40. The van der Waals surface area contributed by atoms with Gasteiger partial charge < -0.3 is 9.47 Å². The van der Waals surface area contributed by atoms with Gasteiger partial charge in [0.15, 0.2) is 0 Å². The van der Waals surface area contributed by atoms with Crippen LogP contribution in [0, 0.1) is 16.0 Å². The number of hydrogen-bond donors (Lipinski definition) is 0. The van der Waals surface area contributed by atoms with Crippen molar-refractivity contribution >= 4 is 23.3 Å². The Morgan fingerprint density at radius 2 is 1.89 bits per heavy atom. The highest BCUT2D eigenvalue weighted by Gasteiger charge is 2.45. The van der Waals surface area contributed by atoms with Crippen LogP contribution in [-0.4, -0.2) is 59.8 Å². The third-order valence-electron chi connectivity index (χ3n) is 7.36. The average molecular weight is 520 g/mol. The Hall–Kier alpha value is -3.85. The zero-order valence-electron chi connectivity index (χ0n) is 22.2. The maximum atomic E-state index is 13.8. The van der Waals surface area contributed by atoms with E-state index in [1.165, 1.54) is 24.8 Å². The summed E-state index contributed by atoms with van der Waals surface area (Å²) in [5.74, 6) is -2.88. The van der Waals surface area contributed by atoms with E-state index in [-0.39, 0.29) is 11.3 Å². The second-order valence-electron chi connectivity index (χ2n) is 10.2. The Bertz CT molecular complexity index is 1290. The summed E-state index contributed by atoms with van der Waals surface area (Å²) < 4.78 is 11.2. The maximum absolute atomic E-state index is 13.8. The number of nitro benzene ring substituents is 1. The molecule has 200 valence electrons. The van der Waals surface area contributed by atoms with Gasteiger partial charge in [0.05, 0.1) is 17.6 Å². The molecule has 38 heavy (non-hydrogen) atoms. The van der Waals surface area contributed by atoms with Gasteiger partial charge in [-0.2, -0.15) is 0 Å². The Kier molecular flexibility index (Phi) is 8.06. The second kappa shape index (κ2) is 11.3. The summed E-state index contributed by atoms with van der Waals surface area (Å²) >= 11 is 0. The molecule has 0 N–H and O–H groups in total. The van der Waals surface area contributed by atoms with E-state index in [1.54, 1.807) is 26.0 Å². The van der Waals surface area contributed by atoms with E-state index in [4.69, 9.17) is 9.47 Å². The van der Waals surface area contributed by atoms with Crippen LogP contribution < -0.4 is 0 Å². The topological polar surface area (TPSA) is 111 Å². The van der Waals surface area contributed by atoms with Crippen molar-refractivity contribution in [2.24, 2.45) is 10.9 Å².